The summed E-state index contributed by atoms with van der Waals surface area (Å²) < 4.78 is 61.4. The van der Waals surface area contributed by atoms with E-state index in [2.05, 4.69) is 20.9 Å². The number of carbonyl (C=O) groups is 1. The van der Waals surface area contributed by atoms with Crippen LogP contribution >= 0.6 is 38.9 Å². The Morgan fingerprint density at radius 2 is 1.79 bits per heavy atom. The van der Waals surface area contributed by atoms with Crippen molar-refractivity contribution in [1.29, 1.82) is 0 Å². The van der Waals surface area contributed by atoms with E-state index in [-0.39, 0.29) is 40.4 Å². The summed E-state index contributed by atoms with van der Waals surface area (Å²) in [4.78, 5) is 40.9. The Morgan fingerprint density at radius 3 is 2.40 bits per heavy atom. The molecule has 0 fully saturated rings. The Balaban J connectivity index is 1.61. The SMILES string of the molecule is CCOC(=O)C1=C(C(F)(F)F)N=c2s/c(=C\c3cc(Br)c(OCc4ccc([N+](=O)[O-])cc4)c(OCC)c3)c(=O)n2[C@H]1c1ccc(Cl)cc1. The highest BCUT2D eigenvalue weighted by atomic mass is 79.9. The summed E-state index contributed by atoms with van der Waals surface area (Å²) in [5, 5.41) is 11.3. The largest absolute Gasteiger partial charge is 0.490 e. The molecular weight excluding hydrogens is 743 g/mol. The lowest BCUT2D eigenvalue weighted by atomic mass is 9.95. The van der Waals surface area contributed by atoms with E-state index in [1.165, 1.54) is 49.4 Å². The molecule has 4 aromatic rings. The van der Waals surface area contributed by atoms with Crippen molar-refractivity contribution in [1.82, 2.24) is 4.57 Å². The normalized spacial score (nSPS) is 14.7. The first kappa shape index (κ1) is 34.9. The molecule has 48 heavy (non-hydrogen) atoms. The van der Waals surface area contributed by atoms with Gasteiger partial charge in [0.15, 0.2) is 22.0 Å². The number of fused-ring (bicyclic) bond motifs is 1. The van der Waals surface area contributed by atoms with E-state index in [9.17, 15) is 32.9 Å². The highest BCUT2D eigenvalue weighted by Crippen LogP contribution is 2.39. The molecular formula is C32H24BrClF3N3O7S. The van der Waals surface area contributed by atoms with E-state index in [0.717, 1.165) is 15.9 Å². The van der Waals surface area contributed by atoms with Gasteiger partial charge in [0.2, 0.25) is 0 Å². The van der Waals surface area contributed by atoms with Crippen molar-refractivity contribution >= 4 is 56.6 Å². The predicted molar refractivity (Wildman–Crippen MR) is 175 cm³/mol. The van der Waals surface area contributed by atoms with Crippen molar-refractivity contribution < 1.29 is 37.1 Å². The van der Waals surface area contributed by atoms with Gasteiger partial charge in [-0.25, -0.2) is 9.79 Å². The molecule has 0 aliphatic carbocycles. The molecule has 0 amide bonds. The van der Waals surface area contributed by atoms with E-state index in [4.69, 9.17) is 25.8 Å². The van der Waals surface area contributed by atoms with E-state index in [1.807, 2.05) is 0 Å². The third-order valence-corrected chi connectivity index (χ3v) is 8.76. The lowest BCUT2D eigenvalue weighted by Gasteiger charge is -2.26. The maximum absolute atomic E-state index is 14.4. The summed E-state index contributed by atoms with van der Waals surface area (Å²) in [7, 11) is 0. The van der Waals surface area contributed by atoms with Crippen LogP contribution in [-0.4, -0.2) is 34.8 Å². The second-order valence-electron chi connectivity index (χ2n) is 10.1. The fraction of sp³-hybridized carbons (Fsp3) is 0.219. The zero-order valence-corrected chi connectivity index (χ0v) is 28.2. The molecule has 3 aromatic carbocycles. The van der Waals surface area contributed by atoms with Gasteiger partial charge in [0, 0.05) is 17.2 Å². The highest BCUT2D eigenvalue weighted by molar-refractivity contribution is 9.10. The van der Waals surface area contributed by atoms with Crippen molar-refractivity contribution in [3.05, 3.63) is 128 Å². The van der Waals surface area contributed by atoms with Gasteiger partial charge in [-0.05, 0) is 88.9 Å². The second kappa shape index (κ2) is 14.3. The van der Waals surface area contributed by atoms with Crippen LogP contribution in [0.4, 0.5) is 18.9 Å². The number of nitrogens with zero attached hydrogens (tertiary/aromatic N) is 3. The number of allylic oxidation sites excluding steroid dienone is 1. The number of non-ortho nitro benzene ring substituents is 1. The molecule has 0 saturated carbocycles. The molecule has 0 radical (unpaired) electrons. The summed E-state index contributed by atoms with van der Waals surface area (Å²) in [6, 6.07) is 13.3. The fourth-order valence-electron chi connectivity index (χ4n) is 4.90. The second-order valence-corrected chi connectivity index (χ2v) is 12.4. The van der Waals surface area contributed by atoms with Crippen LogP contribution in [-0.2, 0) is 16.1 Å². The minimum atomic E-state index is -5.04. The number of esters is 1. The number of alkyl halides is 3. The number of hydrogen-bond donors (Lipinski definition) is 0. The minimum absolute atomic E-state index is 0.0354. The van der Waals surface area contributed by atoms with E-state index in [0.29, 0.717) is 32.1 Å². The van der Waals surface area contributed by atoms with Crippen LogP contribution in [0.5, 0.6) is 11.5 Å². The van der Waals surface area contributed by atoms with Crippen LogP contribution in [0.15, 0.2) is 86.2 Å². The first-order chi connectivity index (χ1) is 22.8. The number of nitro benzene ring substituents is 1. The molecule has 10 nitrogen and oxygen atoms in total. The number of nitro groups is 1. The zero-order valence-electron chi connectivity index (χ0n) is 25.0. The van der Waals surface area contributed by atoms with Crippen LogP contribution in [0.2, 0.25) is 5.02 Å². The number of aromatic nitrogens is 1. The number of halogens is 5. The van der Waals surface area contributed by atoms with Gasteiger partial charge in [-0.15, -0.1) is 0 Å². The van der Waals surface area contributed by atoms with Crippen LogP contribution in [0.25, 0.3) is 6.08 Å². The topological polar surface area (TPSA) is 122 Å². The monoisotopic (exact) mass is 765 g/mol. The molecule has 16 heteroatoms. The molecule has 0 N–H and O–H groups in total. The van der Waals surface area contributed by atoms with Crippen LogP contribution in [0.3, 0.4) is 0 Å². The third-order valence-electron chi connectivity index (χ3n) is 6.94. The number of ether oxygens (including phenoxy) is 3. The summed E-state index contributed by atoms with van der Waals surface area (Å²) in [5.41, 5.74) is -1.71. The first-order valence-electron chi connectivity index (χ1n) is 14.2. The number of benzene rings is 3. The van der Waals surface area contributed by atoms with Crippen molar-refractivity contribution in [3.8, 4) is 11.5 Å². The van der Waals surface area contributed by atoms with E-state index >= 15 is 0 Å². The van der Waals surface area contributed by atoms with Gasteiger partial charge in [0.1, 0.15) is 6.61 Å². The Bertz CT molecular complexity index is 2100. The van der Waals surface area contributed by atoms with Crippen LogP contribution in [0, 0.1) is 10.1 Å². The Kier molecular flexibility index (Phi) is 10.4. The van der Waals surface area contributed by atoms with Gasteiger partial charge in [-0.3, -0.25) is 19.5 Å². The molecule has 1 aromatic heterocycles. The van der Waals surface area contributed by atoms with Gasteiger partial charge in [-0.1, -0.05) is 35.1 Å². The molecule has 0 spiro atoms. The third kappa shape index (κ3) is 7.32. The quantitative estimate of drug-likeness (QED) is 0.101. The number of carbonyl (C=O) groups excluding carboxylic acids is 1. The van der Waals surface area contributed by atoms with Crippen molar-refractivity contribution in [2.45, 2.75) is 32.7 Å². The molecule has 0 bridgehead atoms. The molecule has 1 atom stereocenters. The smallest absolute Gasteiger partial charge is 0.434 e. The summed E-state index contributed by atoms with van der Waals surface area (Å²) >= 11 is 10.2. The first-order valence-corrected chi connectivity index (χ1v) is 16.2. The van der Waals surface area contributed by atoms with Gasteiger partial charge < -0.3 is 14.2 Å². The van der Waals surface area contributed by atoms with Gasteiger partial charge in [-0.2, -0.15) is 13.2 Å². The number of thiazole rings is 1. The zero-order chi connectivity index (χ0) is 34.7. The minimum Gasteiger partial charge on any atom is -0.490 e. The van der Waals surface area contributed by atoms with E-state index < -0.39 is 39.9 Å². The number of rotatable bonds is 10. The maximum Gasteiger partial charge on any atom is 0.434 e. The summed E-state index contributed by atoms with van der Waals surface area (Å²) in [6.45, 7) is 3.33. The Labute approximate surface area is 287 Å². The standard InChI is InChI=1S/C32H24BrClF3N3O7S/c1-3-45-23-14-18(13-22(33)27(23)47-16-17-5-11-21(12-6-17)40(43)44)15-24-29(41)39-26(19-7-9-20(34)10-8-19)25(30(42)46-4-2)28(32(35,36)37)38-31(39)48-24/h5-15,26H,3-4,16H2,1-2H3/b24-15-/t26-/m0/s1. The van der Waals surface area contributed by atoms with Crippen molar-refractivity contribution in [2.75, 3.05) is 13.2 Å². The lowest BCUT2D eigenvalue weighted by molar-refractivity contribution is -0.384. The van der Waals surface area contributed by atoms with Crippen LogP contribution < -0.4 is 24.4 Å². The molecule has 1 aliphatic rings. The van der Waals surface area contributed by atoms with Crippen molar-refractivity contribution in [2.24, 2.45) is 4.99 Å². The van der Waals surface area contributed by atoms with Gasteiger partial charge >= 0.3 is 12.1 Å². The molecule has 0 unspecified atom stereocenters. The summed E-state index contributed by atoms with van der Waals surface area (Å²) in [6.07, 6.45) is -3.57. The average molecular weight is 767 g/mol. The van der Waals surface area contributed by atoms with E-state index in [1.54, 1.807) is 31.2 Å². The predicted octanol–water partition coefficient (Wildman–Crippen LogP) is 6.64. The van der Waals surface area contributed by atoms with Crippen LogP contribution in [0.1, 0.15) is 36.6 Å². The Hall–Kier alpha value is -4.47. The summed E-state index contributed by atoms with van der Waals surface area (Å²) in [5.74, 6) is -0.626. The Morgan fingerprint density at radius 1 is 1.10 bits per heavy atom. The fourth-order valence-corrected chi connectivity index (χ4v) is 6.60. The van der Waals surface area contributed by atoms with Crippen molar-refractivity contribution in [3.63, 3.8) is 0 Å². The maximum atomic E-state index is 14.4. The number of hydrogen-bond acceptors (Lipinski definition) is 9. The lowest BCUT2D eigenvalue weighted by Crippen LogP contribution is -2.41. The molecule has 5 rings (SSSR count). The average Bonchev–Trinajstić information content (AvgIpc) is 3.34. The molecule has 250 valence electrons. The molecule has 0 saturated heterocycles. The molecule has 2 heterocycles. The van der Waals surface area contributed by atoms with Gasteiger partial charge in [0.25, 0.3) is 11.2 Å². The highest BCUT2D eigenvalue weighted by Gasteiger charge is 2.45. The molecule has 1 aliphatic heterocycles. The van der Waals surface area contributed by atoms with Gasteiger partial charge in [0.05, 0.1) is 38.8 Å².